The van der Waals surface area contributed by atoms with Gasteiger partial charge in [0.2, 0.25) is 5.91 Å². The molecule has 1 aliphatic rings. The maximum atomic E-state index is 12.2. The normalized spacial score (nSPS) is 20.0. The molecule has 1 aliphatic heterocycles. The van der Waals surface area contributed by atoms with Crippen LogP contribution in [0.15, 0.2) is 24.3 Å². The van der Waals surface area contributed by atoms with Crippen LogP contribution in [0.3, 0.4) is 0 Å². The lowest BCUT2D eigenvalue weighted by Gasteiger charge is -2.29. The predicted molar refractivity (Wildman–Crippen MR) is 96.8 cm³/mol. The molecule has 4 N–H and O–H groups in total. The minimum Gasteiger partial charge on any atom is -0.375 e. The first kappa shape index (κ1) is 20.2. The standard InChI is InChI=1S/C16H24N4O3.ClH/c1-10(2)18-16(22)20-13-6-4-12(5-7-13)19-15(21)14-11(3)23-9-8-17-14;/h4-7,10-11,14,17H,8-9H2,1-3H3,(H,19,21)(H2,18,20,22);1H/t11-,14+;/m1./s1. The average molecular weight is 357 g/mol. The van der Waals surface area contributed by atoms with Crippen LogP contribution in [0.4, 0.5) is 16.2 Å². The Balaban J connectivity index is 0.00000288. The van der Waals surface area contributed by atoms with Gasteiger partial charge >= 0.3 is 6.03 Å². The molecule has 2 atom stereocenters. The van der Waals surface area contributed by atoms with E-state index in [4.69, 9.17) is 4.74 Å². The van der Waals surface area contributed by atoms with E-state index in [1.54, 1.807) is 24.3 Å². The molecule has 3 amide bonds. The number of rotatable bonds is 4. The van der Waals surface area contributed by atoms with Gasteiger partial charge in [-0.05, 0) is 45.0 Å². The van der Waals surface area contributed by atoms with Gasteiger partial charge in [0.15, 0.2) is 0 Å². The molecular formula is C16H25ClN4O3. The van der Waals surface area contributed by atoms with Gasteiger partial charge in [-0.25, -0.2) is 4.79 Å². The summed E-state index contributed by atoms with van der Waals surface area (Å²) in [6.07, 6.45) is -0.163. The van der Waals surface area contributed by atoms with Crippen LogP contribution in [0.5, 0.6) is 0 Å². The van der Waals surface area contributed by atoms with Crippen LogP contribution in [0.2, 0.25) is 0 Å². The fraction of sp³-hybridized carbons (Fsp3) is 0.500. The van der Waals surface area contributed by atoms with Crippen LogP contribution in [0, 0.1) is 0 Å². The van der Waals surface area contributed by atoms with Gasteiger partial charge in [0.05, 0.1) is 12.7 Å². The quantitative estimate of drug-likeness (QED) is 0.663. The molecule has 0 unspecified atom stereocenters. The maximum absolute atomic E-state index is 12.2. The number of urea groups is 1. The maximum Gasteiger partial charge on any atom is 0.319 e. The van der Waals surface area contributed by atoms with E-state index >= 15 is 0 Å². The zero-order valence-electron chi connectivity index (χ0n) is 14.1. The summed E-state index contributed by atoms with van der Waals surface area (Å²) in [6, 6.07) is 6.43. The molecule has 0 aliphatic carbocycles. The first-order valence-corrected chi connectivity index (χ1v) is 7.79. The molecule has 134 valence electrons. The molecule has 24 heavy (non-hydrogen) atoms. The van der Waals surface area contributed by atoms with Crippen LogP contribution in [0.1, 0.15) is 20.8 Å². The van der Waals surface area contributed by atoms with E-state index in [2.05, 4.69) is 21.3 Å². The molecular weight excluding hydrogens is 332 g/mol. The minimum absolute atomic E-state index is 0. The summed E-state index contributed by atoms with van der Waals surface area (Å²) in [5, 5.41) is 11.5. The molecule has 0 spiro atoms. The monoisotopic (exact) mass is 356 g/mol. The van der Waals surface area contributed by atoms with Crippen molar-refractivity contribution in [3.05, 3.63) is 24.3 Å². The van der Waals surface area contributed by atoms with Crippen molar-refractivity contribution in [2.75, 3.05) is 23.8 Å². The molecule has 1 heterocycles. The molecule has 0 radical (unpaired) electrons. The van der Waals surface area contributed by atoms with Crippen molar-refractivity contribution in [1.29, 1.82) is 0 Å². The summed E-state index contributed by atoms with van der Waals surface area (Å²) in [4.78, 5) is 23.8. The van der Waals surface area contributed by atoms with E-state index in [1.807, 2.05) is 20.8 Å². The van der Waals surface area contributed by atoms with Crippen LogP contribution in [-0.4, -0.2) is 43.3 Å². The van der Waals surface area contributed by atoms with Crippen molar-refractivity contribution < 1.29 is 14.3 Å². The van der Waals surface area contributed by atoms with E-state index < -0.39 is 0 Å². The largest absolute Gasteiger partial charge is 0.375 e. The zero-order valence-corrected chi connectivity index (χ0v) is 14.9. The smallest absolute Gasteiger partial charge is 0.319 e. The molecule has 1 fully saturated rings. The van der Waals surface area contributed by atoms with Crippen LogP contribution in [0.25, 0.3) is 0 Å². The van der Waals surface area contributed by atoms with Gasteiger partial charge in [-0.3, -0.25) is 4.79 Å². The Morgan fingerprint density at radius 2 is 1.75 bits per heavy atom. The van der Waals surface area contributed by atoms with E-state index in [0.29, 0.717) is 24.5 Å². The number of amides is 3. The number of hydrogen-bond donors (Lipinski definition) is 4. The molecule has 2 rings (SSSR count). The van der Waals surface area contributed by atoms with Crippen molar-refractivity contribution in [2.24, 2.45) is 0 Å². The lowest BCUT2D eigenvalue weighted by molar-refractivity contribution is -0.123. The number of morpholine rings is 1. The fourth-order valence-corrected chi connectivity index (χ4v) is 2.31. The average Bonchev–Trinajstić information content (AvgIpc) is 2.48. The second-order valence-corrected chi connectivity index (χ2v) is 5.83. The van der Waals surface area contributed by atoms with Gasteiger partial charge in [0, 0.05) is 24.0 Å². The number of halogens is 1. The summed E-state index contributed by atoms with van der Waals surface area (Å²) in [6.45, 7) is 6.93. The molecule has 7 nitrogen and oxygen atoms in total. The Hall–Kier alpha value is -1.83. The first-order valence-electron chi connectivity index (χ1n) is 7.79. The van der Waals surface area contributed by atoms with Gasteiger partial charge in [-0.2, -0.15) is 0 Å². The van der Waals surface area contributed by atoms with Gasteiger partial charge in [-0.15, -0.1) is 12.4 Å². The molecule has 1 saturated heterocycles. The lowest BCUT2D eigenvalue weighted by atomic mass is 10.1. The Kier molecular flexibility index (Phi) is 7.97. The predicted octanol–water partition coefficient (Wildman–Crippen LogP) is 1.95. The second kappa shape index (κ2) is 9.46. The van der Waals surface area contributed by atoms with Crippen LogP contribution >= 0.6 is 12.4 Å². The number of nitrogens with one attached hydrogen (secondary N) is 4. The van der Waals surface area contributed by atoms with E-state index in [-0.39, 0.29) is 42.5 Å². The van der Waals surface area contributed by atoms with Gasteiger partial charge in [0.1, 0.15) is 6.04 Å². The molecule has 0 aromatic heterocycles. The SMILES string of the molecule is CC(C)NC(=O)Nc1ccc(NC(=O)[C@H]2NCCO[C@@H]2C)cc1.Cl. The summed E-state index contributed by atoms with van der Waals surface area (Å²) >= 11 is 0. The summed E-state index contributed by atoms with van der Waals surface area (Å²) in [5.41, 5.74) is 1.33. The van der Waals surface area contributed by atoms with Crippen molar-refractivity contribution in [1.82, 2.24) is 10.6 Å². The number of ether oxygens (including phenoxy) is 1. The van der Waals surface area contributed by atoms with Gasteiger partial charge in [0.25, 0.3) is 0 Å². The minimum atomic E-state index is -0.363. The number of hydrogen-bond acceptors (Lipinski definition) is 4. The zero-order chi connectivity index (χ0) is 16.8. The molecule has 0 saturated carbocycles. The molecule has 1 aromatic carbocycles. The highest BCUT2D eigenvalue weighted by molar-refractivity contribution is 5.96. The topological polar surface area (TPSA) is 91.5 Å². The highest BCUT2D eigenvalue weighted by atomic mass is 35.5. The van der Waals surface area contributed by atoms with Gasteiger partial charge in [-0.1, -0.05) is 0 Å². The first-order chi connectivity index (χ1) is 11.0. The summed E-state index contributed by atoms with van der Waals surface area (Å²) < 4.78 is 5.47. The molecule has 1 aromatic rings. The molecule has 8 heteroatoms. The fourth-order valence-electron chi connectivity index (χ4n) is 2.31. The summed E-state index contributed by atoms with van der Waals surface area (Å²) in [5.74, 6) is -0.129. The van der Waals surface area contributed by atoms with Crippen molar-refractivity contribution in [2.45, 2.75) is 39.0 Å². The van der Waals surface area contributed by atoms with Crippen molar-refractivity contribution >= 4 is 35.7 Å². The number of carbonyl (C=O) groups is 2. The summed E-state index contributed by atoms with van der Waals surface area (Å²) in [7, 11) is 0. The Bertz CT molecular complexity index is 551. The number of carbonyl (C=O) groups excluding carboxylic acids is 2. The van der Waals surface area contributed by atoms with E-state index in [1.165, 1.54) is 0 Å². The van der Waals surface area contributed by atoms with Crippen LogP contribution in [-0.2, 0) is 9.53 Å². The highest BCUT2D eigenvalue weighted by Crippen LogP contribution is 2.15. The Morgan fingerprint density at radius 1 is 1.17 bits per heavy atom. The third kappa shape index (κ3) is 5.99. The highest BCUT2D eigenvalue weighted by Gasteiger charge is 2.28. The Morgan fingerprint density at radius 3 is 2.29 bits per heavy atom. The third-order valence-electron chi connectivity index (χ3n) is 3.43. The second-order valence-electron chi connectivity index (χ2n) is 5.83. The third-order valence-corrected chi connectivity index (χ3v) is 3.43. The van der Waals surface area contributed by atoms with Gasteiger partial charge < -0.3 is 26.0 Å². The van der Waals surface area contributed by atoms with Crippen molar-refractivity contribution in [3.8, 4) is 0 Å². The Labute approximate surface area is 148 Å². The van der Waals surface area contributed by atoms with E-state index in [9.17, 15) is 9.59 Å². The van der Waals surface area contributed by atoms with Crippen molar-refractivity contribution in [3.63, 3.8) is 0 Å². The number of anilines is 2. The van der Waals surface area contributed by atoms with E-state index in [0.717, 1.165) is 0 Å². The van der Waals surface area contributed by atoms with Crippen LogP contribution < -0.4 is 21.3 Å². The molecule has 0 bridgehead atoms. The number of benzene rings is 1. The lowest BCUT2D eigenvalue weighted by Crippen LogP contribution is -2.53.